The zero-order valence-corrected chi connectivity index (χ0v) is 14.1. The van der Waals surface area contributed by atoms with E-state index in [9.17, 15) is 4.39 Å². The monoisotopic (exact) mass is 401 g/mol. The molecule has 0 aliphatic rings. The first-order valence-corrected chi connectivity index (χ1v) is 7.79. The van der Waals surface area contributed by atoms with Crippen LogP contribution in [0.2, 0.25) is 0 Å². The molecule has 5 heteroatoms. The Morgan fingerprint density at radius 3 is 2.25 bits per heavy atom. The molecule has 0 aromatic heterocycles. The minimum absolute atomic E-state index is 0.234. The molecule has 0 saturated heterocycles. The number of hydrogen-bond donors (Lipinski definition) is 1. The number of nitrogens with one attached hydrogen (secondary N) is 1. The Bertz CT molecular complexity index is 564. The largest absolute Gasteiger partial charge is 0.492 e. The number of ether oxygens (including phenoxy) is 1. The Hall–Kier alpha value is -1.07. The predicted molar refractivity (Wildman–Crippen MR) is 86.7 cm³/mol. The van der Waals surface area contributed by atoms with Gasteiger partial charge in [0, 0.05) is 12.2 Å². The Balaban J connectivity index is 2.08. The summed E-state index contributed by atoms with van der Waals surface area (Å²) in [5, 5.41) is 3.24. The van der Waals surface area contributed by atoms with Gasteiger partial charge >= 0.3 is 0 Å². The third kappa shape index (κ3) is 3.96. The van der Waals surface area contributed by atoms with Crippen molar-refractivity contribution >= 4 is 37.5 Å². The molecule has 1 N–H and O–H groups in total. The lowest BCUT2D eigenvalue weighted by Gasteiger charge is -2.12. The van der Waals surface area contributed by atoms with Crippen molar-refractivity contribution in [1.29, 1.82) is 0 Å². The van der Waals surface area contributed by atoms with Gasteiger partial charge in [-0.3, -0.25) is 0 Å². The molecule has 0 unspecified atom stereocenters. The fraction of sp³-hybridized carbons (Fsp3) is 0.200. The normalized spacial score (nSPS) is 10.4. The molecule has 0 amide bonds. The summed E-state index contributed by atoms with van der Waals surface area (Å²) in [6, 6.07) is 10.3. The summed E-state index contributed by atoms with van der Waals surface area (Å²) < 4.78 is 20.2. The third-order valence-corrected chi connectivity index (χ3v) is 3.87. The van der Waals surface area contributed by atoms with Crippen LogP contribution >= 0.6 is 31.9 Å². The zero-order chi connectivity index (χ0) is 14.5. The van der Waals surface area contributed by atoms with Crippen LogP contribution in [0.25, 0.3) is 0 Å². The second kappa shape index (κ2) is 7.09. The number of hydrogen-bond acceptors (Lipinski definition) is 2. The van der Waals surface area contributed by atoms with Crippen molar-refractivity contribution < 1.29 is 9.13 Å². The average molecular weight is 403 g/mol. The maximum absolute atomic E-state index is 12.8. The Morgan fingerprint density at radius 2 is 1.70 bits per heavy atom. The zero-order valence-electron chi connectivity index (χ0n) is 10.9. The van der Waals surface area contributed by atoms with Gasteiger partial charge in [0.25, 0.3) is 0 Å². The van der Waals surface area contributed by atoms with Gasteiger partial charge in [0.1, 0.15) is 11.6 Å². The van der Waals surface area contributed by atoms with Crippen LogP contribution in [0.1, 0.15) is 12.5 Å². The van der Waals surface area contributed by atoms with Gasteiger partial charge in [-0.1, -0.05) is 0 Å². The minimum Gasteiger partial charge on any atom is -0.492 e. The van der Waals surface area contributed by atoms with Crippen LogP contribution in [0.4, 0.5) is 10.1 Å². The van der Waals surface area contributed by atoms with Crippen LogP contribution in [-0.2, 0) is 6.54 Å². The summed E-state index contributed by atoms with van der Waals surface area (Å²) >= 11 is 7.00. The molecule has 0 fully saturated rings. The Kier molecular flexibility index (Phi) is 5.43. The van der Waals surface area contributed by atoms with E-state index >= 15 is 0 Å². The van der Waals surface area contributed by atoms with E-state index < -0.39 is 0 Å². The topological polar surface area (TPSA) is 21.3 Å². The van der Waals surface area contributed by atoms with Gasteiger partial charge in [-0.25, -0.2) is 4.39 Å². The summed E-state index contributed by atoms with van der Waals surface area (Å²) in [6.45, 7) is 3.21. The van der Waals surface area contributed by atoms with Crippen LogP contribution in [0.5, 0.6) is 5.75 Å². The maximum atomic E-state index is 12.8. The van der Waals surface area contributed by atoms with Gasteiger partial charge in [-0.2, -0.15) is 0 Å². The summed E-state index contributed by atoms with van der Waals surface area (Å²) in [7, 11) is 0. The van der Waals surface area contributed by atoms with E-state index in [0.29, 0.717) is 13.2 Å². The molecule has 2 aromatic carbocycles. The molecular weight excluding hydrogens is 389 g/mol. The summed E-state index contributed by atoms with van der Waals surface area (Å²) in [4.78, 5) is 0. The molecule has 0 heterocycles. The fourth-order valence-electron chi connectivity index (χ4n) is 1.77. The summed E-state index contributed by atoms with van der Waals surface area (Å²) in [5.74, 6) is 0.570. The highest BCUT2D eigenvalue weighted by Gasteiger charge is 2.08. The molecule has 0 saturated carbocycles. The number of halogens is 3. The van der Waals surface area contributed by atoms with Crippen molar-refractivity contribution in [3.05, 3.63) is 56.7 Å². The number of benzene rings is 2. The van der Waals surface area contributed by atoms with Gasteiger partial charge in [-0.05, 0) is 80.7 Å². The first-order valence-electron chi connectivity index (χ1n) is 6.20. The quantitative estimate of drug-likeness (QED) is 0.726. The third-order valence-electron chi connectivity index (χ3n) is 2.69. The first kappa shape index (κ1) is 15.3. The van der Waals surface area contributed by atoms with E-state index in [2.05, 4.69) is 37.2 Å². The van der Waals surface area contributed by atoms with Crippen molar-refractivity contribution in [3.63, 3.8) is 0 Å². The van der Waals surface area contributed by atoms with Crippen molar-refractivity contribution in [2.24, 2.45) is 0 Å². The highest BCUT2D eigenvalue weighted by molar-refractivity contribution is 9.11. The van der Waals surface area contributed by atoms with Crippen LogP contribution in [0.3, 0.4) is 0 Å². The lowest BCUT2D eigenvalue weighted by Crippen LogP contribution is -2.01. The number of anilines is 1. The summed E-state index contributed by atoms with van der Waals surface area (Å²) in [5.41, 5.74) is 1.98. The van der Waals surface area contributed by atoms with Crippen molar-refractivity contribution in [2.75, 3.05) is 11.9 Å². The van der Waals surface area contributed by atoms with Gasteiger partial charge in [0.05, 0.1) is 15.6 Å². The molecule has 0 atom stereocenters. The van der Waals surface area contributed by atoms with Crippen LogP contribution in [0, 0.1) is 5.82 Å². The van der Waals surface area contributed by atoms with Crippen molar-refractivity contribution in [2.45, 2.75) is 13.5 Å². The molecule has 2 nitrogen and oxygen atoms in total. The van der Waals surface area contributed by atoms with Gasteiger partial charge in [0.2, 0.25) is 0 Å². The van der Waals surface area contributed by atoms with Gasteiger partial charge in [-0.15, -0.1) is 0 Å². The average Bonchev–Trinajstić information content (AvgIpc) is 2.42. The lowest BCUT2D eigenvalue weighted by atomic mass is 10.2. The molecule has 2 aromatic rings. The SMILES string of the molecule is CCOc1c(Br)cc(CNc2ccc(F)cc2)cc1Br. The van der Waals surface area contributed by atoms with E-state index in [4.69, 9.17) is 4.74 Å². The molecule has 2 rings (SSSR count). The molecule has 20 heavy (non-hydrogen) atoms. The Labute approximate surface area is 134 Å². The molecular formula is C15H14Br2FNO. The molecule has 0 radical (unpaired) electrons. The van der Waals surface area contributed by atoms with Gasteiger partial charge in [0.15, 0.2) is 0 Å². The summed E-state index contributed by atoms with van der Waals surface area (Å²) in [6.07, 6.45) is 0. The second-order valence-corrected chi connectivity index (χ2v) is 5.89. The van der Waals surface area contributed by atoms with Crippen LogP contribution < -0.4 is 10.1 Å². The highest BCUT2D eigenvalue weighted by atomic mass is 79.9. The van der Waals surface area contributed by atoms with E-state index in [1.807, 2.05) is 19.1 Å². The van der Waals surface area contributed by atoms with Crippen LogP contribution in [-0.4, -0.2) is 6.61 Å². The standard InChI is InChI=1S/C15H14Br2FNO/c1-2-20-15-13(16)7-10(8-14(15)17)9-19-12-5-3-11(18)4-6-12/h3-8,19H,2,9H2,1H3. The molecule has 0 aliphatic heterocycles. The molecule has 0 aliphatic carbocycles. The molecule has 0 spiro atoms. The highest BCUT2D eigenvalue weighted by Crippen LogP contribution is 2.34. The van der Waals surface area contributed by atoms with Crippen molar-refractivity contribution in [1.82, 2.24) is 0 Å². The fourth-order valence-corrected chi connectivity index (χ4v) is 3.28. The van der Waals surface area contributed by atoms with E-state index in [1.54, 1.807) is 12.1 Å². The second-order valence-electron chi connectivity index (χ2n) is 4.18. The maximum Gasteiger partial charge on any atom is 0.147 e. The minimum atomic E-state index is -0.234. The van der Waals surface area contributed by atoms with Crippen LogP contribution in [0.15, 0.2) is 45.3 Å². The van der Waals surface area contributed by atoms with E-state index in [-0.39, 0.29) is 5.82 Å². The predicted octanol–water partition coefficient (Wildman–Crippen LogP) is 5.36. The first-order chi connectivity index (χ1) is 9.60. The van der Waals surface area contributed by atoms with Crippen molar-refractivity contribution in [3.8, 4) is 5.75 Å². The smallest absolute Gasteiger partial charge is 0.147 e. The van der Waals surface area contributed by atoms with E-state index in [0.717, 1.165) is 25.9 Å². The van der Waals surface area contributed by atoms with E-state index in [1.165, 1.54) is 12.1 Å². The van der Waals surface area contributed by atoms with Gasteiger partial charge < -0.3 is 10.1 Å². The number of rotatable bonds is 5. The molecule has 106 valence electrons. The molecule has 0 bridgehead atoms. The lowest BCUT2D eigenvalue weighted by molar-refractivity contribution is 0.336. The Morgan fingerprint density at radius 1 is 1.10 bits per heavy atom.